The summed E-state index contributed by atoms with van der Waals surface area (Å²) in [5, 5.41) is 3.20. The zero-order valence-corrected chi connectivity index (χ0v) is 8.31. The van der Waals surface area contributed by atoms with Crippen LogP contribution in [-0.4, -0.2) is 12.0 Å². The van der Waals surface area contributed by atoms with Gasteiger partial charge in [0.05, 0.1) is 11.9 Å². The van der Waals surface area contributed by atoms with Crippen LogP contribution < -0.4 is 5.32 Å². The van der Waals surface area contributed by atoms with Gasteiger partial charge in [-0.2, -0.15) is 13.2 Å². The van der Waals surface area contributed by atoms with Crippen molar-refractivity contribution in [2.45, 2.75) is 6.18 Å². The molecule has 0 amide bonds. The smallest absolute Gasteiger partial charge is 0.387 e. The average molecular weight is 224 g/mol. The highest BCUT2D eigenvalue weighted by atomic mass is 19.4. The van der Waals surface area contributed by atoms with Gasteiger partial charge >= 0.3 is 6.18 Å². The first-order chi connectivity index (χ1) is 7.50. The zero-order chi connectivity index (χ0) is 11.8. The number of nitrogens with one attached hydrogen (secondary N) is 1. The second-order valence-electron chi connectivity index (χ2n) is 3.22. The van der Waals surface area contributed by atoms with E-state index < -0.39 is 11.7 Å². The number of pyridine rings is 1. The van der Waals surface area contributed by atoms with Crippen LogP contribution in [0.1, 0.15) is 5.56 Å². The molecule has 1 heterocycles. The molecule has 0 aliphatic rings. The van der Waals surface area contributed by atoms with E-state index in [1.54, 1.807) is 13.1 Å². The fraction of sp³-hybridized carbons (Fsp3) is 0.182. The van der Waals surface area contributed by atoms with E-state index in [2.05, 4.69) is 22.4 Å². The Morgan fingerprint density at radius 2 is 2.00 bits per heavy atom. The third-order valence-electron chi connectivity index (χ3n) is 2.13. The summed E-state index contributed by atoms with van der Waals surface area (Å²) in [6, 6.07) is 7.05. The summed E-state index contributed by atoms with van der Waals surface area (Å²) in [6.45, 7) is 0. The predicted molar refractivity (Wildman–Crippen MR) is 54.0 cm³/mol. The van der Waals surface area contributed by atoms with E-state index in [1.807, 2.05) is 0 Å². The van der Waals surface area contributed by atoms with Crippen LogP contribution in [0.4, 0.5) is 18.9 Å². The Labute approximate surface area is 90.1 Å². The molecule has 82 valence electrons. The van der Waals surface area contributed by atoms with Gasteiger partial charge in [-0.05, 0) is 18.2 Å². The van der Waals surface area contributed by atoms with Crippen LogP contribution in [0.2, 0.25) is 0 Å². The molecule has 2 aromatic rings. The fourth-order valence-electron chi connectivity index (χ4n) is 1.30. The van der Waals surface area contributed by atoms with Gasteiger partial charge in [0, 0.05) is 12.4 Å². The Kier molecular flexibility index (Phi) is 2.35. The van der Waals surface area contributed by atoms with Gasteiger partial charge in [0.25, 0.3) is 0 Å². The molecule has 0 saturated carbocycles. The van der Waals surface area contributed by atoms with Gasteiger partial charge in [-0.3, -0.25) is 0 Å². The molecule has 0 saturated heterocycles. The topological polar surface area (TPSA) is 24.9 Å². The second kappa shape index (κ2) is 3.56. The number of aromatic nitrogens is 1. The Morgan fingerprint density at radius 3 is 2.62 bits per heavy atom. The van der Waals surface area contributed by atoms with Gasteiger partial charge in [0.1, 0.15) is 11.1 Å². The number of hydrogen-bond donors (Lipinski definition) is 1. The second-order valence-corrected chi connectivity index (χ2v) is 3.22. The lowest BCUT2D eigenvalue weighted by Crippen LogP contribution is -2.03. The maximum Gasteiger partial charge on any atom is 0.424 e. The first kappa shape index (κ1) is 10.6. The van der Waals surface area contributed by atoms with Crippen molar-refractivity contribution in [3.8, 4) is 0 Å². The van der Waals surface area contributed by atoms with E-state index in [4.69, 9.17) is 0 Å². The predicted octanol–water partition coefficient (Wildman–Crippen LogP) is 2.90. The van der Waals surface area contributed by atoms with E-state index in [1.165, 1.54) is 6.20 Å². The van der Waals surface area contributed by atoms with E-state index in [-0.39, 0.29) is 0 Å². The molecule has 0 fully saturated rings. The molecule has 5 heteroatoms. The lowest BCUT2D eigenvalue weighted by Gasteiger charge is -2.05. The summed E-state index contributed by atoms with van der Waals surface area (Å²) < 4.78 is 37.2. The SMILES string of the molecule is CNc1cnc2c#cc(C(F)(F)F)cc2c1. The Bertz CT molecular complexity index is 520. The quantitative estimate of drug-likeness (QED) is 0.805. The minimum absolute atomic E-state index is 0.368. The van der Waals surface area contributed by atoms with Gasteiger partial charge in [0.2, 0.25) is 0 Å². The van der Waals surface area contributed by atoms with Gasteiger partial charge in [-0.25, -0.2) is 4.98 Å². The van der Waals surface area contributed by atoms with Gasteiger partial charge < -0.3 is 5.32 Å². The number of halogens is 3. The van der Waals surface area contributed by atoms with Crippen LogP contribution >= 0.6 is 0 Å². The molecule has 0 aliphatic heterocycles. The van der Waals surface area contributed by atoms with Crippen molar-refractivity contribution in [2.24, 2.45) is 0 Å². The lowest BCUT2D eigenvalue weighted by atomic mass is 10.1. The van der Waals surface area contributed by atoms with Gasteiger partial charge in [-0.15, -0.1) is 0 Å². The van der Waals surface area contributed by atoms with Crippen LogP contribution in [0.15, 0.2) is 18.3 Å². The normalized spacial score (nSPS) is 11.2. The fourth-order valence-corrected chi connectivity index (χ4v) is 1.30. The molecule has 2 nitrogen and oxygen atoms in total. The molecule has 1 aromatic heterocycles. The van der Waals surface area contributed by atoms with Crippen molar-refractivity contribution in [3.63, 3.8) is 0 Å². The Hall–Kier alpha value is -1.96. The summed E-state index contributed by atoms with van der Waals surface area (Å²) >= 11 is 0. The van der Waals surface area contributed by atoms with Crippen LogP contribution in [0.3, 0.4) is 0 Å². The van der Waals surface area contributed by atoms with Gasteiger partial charge in [-0.1, -0.05) is 6.07 Å². The minimum atomic E-state index is -4.40. The van der Waals surface area contributed by atoms with Crippen molar-refractivity contribution in [2.75, 3.05) is 12.4 Å². The molecule has 16 heavy (non-hydrogen) atoms. The lowest BCUT2D eigenvalue weighted by molar-refractivity contribution is -0.137. The first-order valence-corrected chi connectivity index (χ1v) is 4.49. The summed E-state index contributed by atoms with van der Waals surface area (Å²) in [7, 11) is 1.67. The van der Waals surface area contributed by atoms with E-state index in [9.17, 15) is 13.2 Å². The summed E-state index contributed by atoms with van der Waals surface area (Å²) in [4.78, 5) is 3.96. The van der Waals surface area contributed by atoms with Crippen molar-refractivity contribution >= 4 is 16.6 Å². The van der Waals surface area contributed by atoms with Crippen LogP contribution in [0.25, 0.3) is 10.9 Å². The van der Waals surface area contributed by atoms with Crippen molar-refractivity contribution < 1.29 is 13.2 Å². The molecule has 0 atom stereocenters. The van der Waals surface area contributed by atoms with E-state index in [0.29, 0.717) is 16.6 Å². The minimum Gasteiger partial charge on any atom is -0.387 e. The number of anilines is 1. The molecule has 0 bridgehead atoms. The van der Waals surface area contributed by atoms with Crippen molar-refractivity contribution in [3.05, 3.63) is 36.0 Å². The monoisotopic (exact) mass is 224 g/mol. The highest BCUT2D eigenvalue weighted by molar-refractivity contribution is 5.80. The number of alkyl halides is 3. The zero-order valence-electron chi connectivity index (χ0n) is 8.31. The molecular weight excluding hydrogens is 217 g/mol. The summed E-state index contributed by atoms with van der Waals surface area (Å²) in [5.74, 6) is 0. The highest BCUT2D eigenvalue weighted by Crippen LogP contribution is 2.29. The standard InChI is InChI=1S/C11H7F3N2/c1-15-9-5-7-4-8(11(12,13)14)2-3-10(7)16-6-9/h4-6,15H,1H3. The molecular formula is C11H7F3N2. The van der Waals surface area contributed by atoms with E-state index >= 15 is 0 Å². The maximum absolute atomic E-state index is 12.4. The number of rotatable bonds is 1. The molecule has 1 N–H and O–H groups in total. The van der Waals surface area contributed by atoms with Crippen molar-refractivity contribution in [1.29, 1.82) is 0 Å². The average Bonchev–Trinajstić information content (AvgIpc) is 2.26. The maximum atomic E-state index is 12.4. The summed E-state index contributed by atoms with van der Waals surface area (Å²) in [6.07, 6.45) is -2.87. The molecule has 0 unspecified atom stereocenters. The molecule has 1 aromatic carbocycles. The van der Waals surface area contributed by atoms with Crippen LogP contribution in [0, 0.1) is 12.1 Å². The van der Waals surface area contributed by atoms with Crippen LogP contribution in [-0.2, 0) is 6.18 Å². The Balaban J connectivity index is 2.59. The molecule has 0 spiro atoms. The third-order valence-corrected chi connectivity index (χ3v) is 2.13. The van der Waals surface area contributed by atoms with E-state index in [0.717, 1.165) is 6.07 Å². The Morgan fingerprint density at radius 1 is 1.25 bits per heavy atom. The van der Waals surface area contributed by atoms with Crippen LogP contribution in [0.5, 0.6) is 0 Å². The van der Waals surface area contributed by atoms with Crippen molar-refractivity contribution in [1.82, 2.24) is 4.98 Å². The van der Waals surface area contributed by atoms with Gasteiger partial charge in [0.15, 0.2) is 0 Å². The highest BCUT2D eigenvalue weighted by Gasteiger charge is 2.31. The molecule has 0 radical (unpaired) electrons. The first-order valence-electron chi connectivity index (χ1n) is 4.49. The molecule has 2 rings (SSSR count). The molecule has 0 aliphatic carbocycles. The number of nitrogens with zero attached hydrogens (tertiary/aromatic N) is 1. The largest absolute Gasteiger partial charge is 0.424 e. The third kappa shape index (κ3) is 1.87. The number of fused-ring (bicyclic) bond motifs is 1. The summed E-state index contributed by atoms with van der Waals surface area (Å²) in [5.41, 5.74) is 0.183. The number of hydrogen-bond acceptors (Lipinski definition) is 2.